The molecule has 6 nitrogen and oxygen atoms in total. The monoisotopic (exact) mass is 441 g/mol. The number of methoxy groups -OCH3 is 1. The fraction of sp³-hybridized carbons (Fsp3) is 0.200. The van der Waals surface area contributed by atoms with Crippen molar-refractivity contribution >= 4 is 15.7 Å². The largest absolute Gasteiger partial charge is 0.550 e. The highest BCUT2D eigenvalue weighted by molar-refractivity contribution is 7.91. The van der Waals surface area contributed by atoms with Crippen LogP contribution in [0.25, 0.3) is 0 Å². The van der Waals surface area contributed by atoms with Crippen LogP contribution in [0, 0.1) is 0 Å². The fourth-order valence-corrected chi connectivity index (χ4v) is 4.44. The lowest BCUT2D eigenvalue weighted by atomic mass is 10.2. The third kappa shape index (κ3) is 3.81. The second-order valence-electron chi connectivity index (χ2n) is 6.46. The number of nitrogens with two attached hydrogens (primary N) is 1. The van der Waals surface area contributed by atoms with Gasteiger partial charge >= 0.3 is 15.5 Å². The molecule has 2 N–H and O–H groups in total. The first kappa shape index (κ1) is 21.9. The Morgan fingerprint density at radius 1 is 1.07 bits per heavy atom. The molecule has 0 bridgehead atoms. The molecule has 1 aliphatic rings. The number of sulfonamides is 1. The molecular weight excluding hydrogens is 421 g/mol. The summed E-state index contributed by atoms with van der Waals surface area (Å²) in [6.45, 7) is -0.517. The topological polar surface area (TPSA) is 78.6 Å². The number of nitrogens with zero attached hydrogens (tertiary/aromatic N) is 1. The average Bonchev–Trinajstić information content (AvgIpc) is 2.73. The van der Waals surface area contributed by atoms with Gasteiger partial charge < -0.3 is 15.2 Å². The molecule has 0 aromatic heterocycles. The summed E-state index contributed by atoms with van der Waals surface area (Å²) in [5.41, 5.74) is 0.290. The van der Waals surface area contributed by atoms with E-state index in [1.807, 2.05) is 0 Å². The predicted octanol–water partition coefficient (Wildman–Crippen LogP) is 4.06. The second-order valence-corrected chi connectivity index (χ2v) is 8.52. The third-order valence-electron chi connectivity index (χ3n) is 4.61. The first-order chi connectivity index (χ1) is 14.1. The van der Waals surface area contributed by atoms with Crippen LogP contribution in [0.3, 0.4) is 0 Å². The zero-order chi connectivity index (χ0) is 22.0. The fourth-order valence-electron chi connectivity index (χ4n) is 3.11. The number of rotatable bonds is 6. The number of ether oxygens (including phenoxy) is 2. The van der Waals surface area contributed by atoms with Gasteiger partial charge in [0.2, 0.25) is 0 Å². The number of hydrogen-bond donors (Lipinski definition) is 1. The summed E-state index contributed by atoms with van der Waals surface area (Å²) < 4.78 is 75.1. The van der Waals surface area contributed by atoms with Gasteiger partial charge in [0, 0.05) is 24.3 Å². The van der Waals surface area contributed by atoms with Crippen LogP contribution in [0.15, 0.2) is 72.5 Å². The molecule has 0 amide bonds. The van der Waals surface area contributed by atoms with Crippen molar-refractivity contribution < 1.29 is 31.1 Å². The van der Waals surface area contributed by atoms with Crippen LogP contribution >= 0.6 is 0 Å². The molecule has 0 radical (unpaired) electrons. The zero-order valence-electron chi connectivity index (χ0n) is 16.0. The molecule has 0 aliphatic carbocycles. The zero-order valence-corrected chi connectivity index (χ0v) is 16.8. The van der Waals surface area contributed by atoms with Gasteiger partial charge in [-0.25, -0.2) is 0 Å². The van der Waals surface area contributed by atoms with Crippen LogP contribution < -0.4 is 19.1 Å². The van der Waals surface area contributed by atoms with Gasteiger partial charge in [-0.1, -0.05) is 18.2 Å². The van der Waals surface area contributed by atoms with Gasteiger partial charge in [0.05, 0.1) is 7.11 Å². The maximum Gasteiger partial charge on any atom is 0.550 e. The highest BCUT2D eigenvalue weighted by Crippen LogP contribution is 2.41. The van der Waals surface area contributed by atoms with Crippen LogP contribution in [0.5, 0.6) is 17.2 Å². The number of benzene rings is 2. The van der Waals surface area contributed by atoms with E-state index in [-0.39, 0.29) is 17.8 Å². The Labute approximate surface area is 172 Å². The van der Waals surface area contributed by atoms with E-state index in [1.165, 1.54) is 43.5 Å². The van der Waals surface area contributed by atoms with Crippen molar-refractivity contribution in [3.63, 3.8) is 0 Å². The molecule has 160 valence electrons. The summed E-state index contributed by atoms with van der Waals surface area (Å²) >= 11 is 0. The van der Waals surface area contributed by atoms with Crippen molar-refractivity contribution in [3.05, 3.63) is 72.5 Å². The smallest absolute Gasteiger partial charge is 0.493 e. The molecule has 0 saturated carbocycles. The van der Waals surface area contributed by atoms with Crippen molar-refractivity contribution in [1.29, 1.82) is 0 Å². The minimum atomic E-state index is -5.65. The van der Waals surface area contributed by atoms with Crippen molar-refractivity contribution in [1.82, 2.24) is 3.89 Å². The van der Waals surface area contributed by atoms with Gasteiger partial charge in [0.15, 0.2) is 17.2 Å². The minimum absolute atomic E-state index is 0.0880. The molecule has 0 saturated heterocycles. The Morgan fingerprint density at radius 2 is 1.70 bits per heavy atom. The highest BCUT2D eigenvalue weighted by Gasteiger charge is 2.61. The molecule has 0 fully saturated rings. The van der Waals surface area contributed by atoms with E-state index < -0.39 is 26.0 Å². The van der Waals surface area contributed by atoms with Crippen LogP contribution in [0.4, 0.5) is 18.9 Å². The van der Waals surface area contributed by atoms with Crippen molar-refractivity contribution in [3.8, 4) is 17.2 Å². The highest BCUT2D eigenvalue weighted by atomic mass is 32.2. The first-order valence-corrected chi connectivity index (χ1v) is 10.3. The molecule has 3 rings (SSSR count). The van der Waals surface area contributed by atoms with Crippen LogP contribution in [-0.4, -0.2) is 34.1 Å². The number of hydrogen-bond acceptors (Lipinski definition) is 5. The van der Waals surface area contributed by atoms with Gasteiger partial charge in [-0.05, 0) is 30.3 Å². The molecule has 1 unspecified atom stereocenters. The Kier molecular flexibility index (Phi) is 5.93. The van der Waals surface area contributed by atoms with Crippen molar-refractivity contribution in [2.24, 2.45) is 5.73 Å². The normalized spacial score (nSPS) is 19.3. The molecule has 0 spiro atoms. The van der Waals surface area contributed by atoms with Crippen LogP contribution in [0.2, 0.25) is 0 Å². The Bertz CT molecular complexity index is 1080. The number of quaternary nitrogens is 1. The molecule has 1 atom stereocenters. The van der Waals surface area contributed by atoms with E-state index in [1.54, 1.807) is 24.3 Å². The summed E-state index contributed by atoms with van der Waals surface area (Å²) in [5, 5.41) is 0. The maximum absolute atomic E-state index is 13.5. The van der Waals surface area contributed by atoms with Crippen molar-refractivity contribution in [2.75, 3.05) is 20.2 Å². The van der Waals surface area contributed by atoms with Gasteiger partial charge in [-0.15, -0.1) is 3.89 Å². The lowest BCUT2D eigenvalue weighted by Gasteiger charge is -2.34. The first-order valence-electron chi connectivity index (χ1n) is 8.84. The van der Waals surface area contributed by atoms with E-state index in [9.17, 15) is 21.6 Å². The third-order valence-corrected chi connectivity index (χ3v) is 6.52. The summed E-state index contributed by atoms with van der Waals surface area (Å²) in [4.78, 5) is 0. The van der Waals surface area contributed by atoms with Gasteiger partial charge in [0.25, 0.3) is 0 Å². The summed E-state index contributed by atoms with van der Waals surface area (Å²) in [6.07, 6.45) is 3.91. The van der Waals surface area contributed by atoms with Crippen molar-refractivity contribution in [2.45, 2.75) is 5.51 Å². The predicted molar refractivity (Wildman–Crippen MR) is 107 cm³/mol. The molecule has 1 heterocycles. The maximum atomic E-state index is 13.5. The van der Waals surface area contributed by atoms with E-state index >= 15 is 0 Å². The Morgan fingerprint density at radius 3 is 2.27 bits per heavy atom. The number of halogens is 3. The SMILES string of the molecule is COc1ccccc1Oc1ccc([N+]2(S(=O)(=O)C(F)(F)F)C=C(CN)C=CC2)cc1. The molecule has 1 aliphatic heterocycles. The number of para-hydroxylation sites is 2. The summed E-state index contributed by atoms with van der Waals surface area (Å²) in [6, 6.07) is 12.2. The lowest BCUT2D eigenvalue weighted by molar-refractivity contribution is -0.0473. The van der Waals surface area contributed by atoms with Crippen LogP contribution in [0.1, 0.15) is 0 Å². The van der Waals surface area contributed by atoms with E-state index in [0.717, 1.165) is 6.20 Å². The molecule has 2 aromatic carbocycles. The number of alkyl halides is 3. The quantitative estimate of drug-likeness (QED) is 0.684. The second kappa shape index (κ2) is 8.13. The van der Waals surface area contributed by atoms with Gasteiger partial charge in [-0.2, -0.15) is 21.6 Å². The van der Waals surface area contributed by atoms with E-state index in [0.29, 0.717) is 17.2 Å². The van der Waals surface area contributed by atoms with Crippen LogP contribution in [-0.2, 0) is 10.0 Å². The standard InChI is InChI=1S/C20H20F3N2O4S/c1-28-18-6-2-3-7-19(18)29-17-10-8-16(9-11-17)25(30(26,27)20(21,22)23)12-4-5-15(13-24)14-25/h2-11,14H,12-13,24H2,1H3/q+1. The van der Waals surface area contributed by atoms with Gasteiger partial charge in [-0.3, -0.25) is 0 Å². The minimum Gasteiger partial charge on any atom is -0.493 e. The summed E-state index contributed by atoms with van der Waals surface area (Å²) in [5.74, 6) is 1.19. The molecule has 2 aromatic rings. The average molecular weight is 441 g/mol. The molecule has 10 heteroatoms. The molecular formula is C20H20F3N2O4S+. The van der Waals surface area contributed by atoms with E-state index in [2.05, 4.69) is 0 Å². The summed E-state index contributed by atoms with van der Waals surface area (Å²) in [7, 11) is -4.17. The van der Waals surface area contributed by atoms with Gasteiger partial charge in [0.1, 0.15) is 18.5 Å². The van der Waals surface area contributed by atoms with E-state index in [4.69, 9.17) is 15.2 Å². The Balaban J connectivity index is 2.04. The lowest BCUT2D eigenvalue weighted by Crippen LogP contribution is -2.56. The Hall–Kier alpha value is -2.82. The molecule has 30 heavy (non-hydrogen) atoms.